The second-order valence-electron chi connectivity index (χ2n) is 6.33. The Balaban J connectivity index is 1.96. The minimum Gasteiger partial charge on any atom is -0.351 e. The summed E-state index contributed by atoms with van der Waals surface area (Å²) in [7, 11) is -3.30. The minimum atomic E-state index is -3.30. The molecule has 2 aliphatic rings. The molecule has 2 saturated heterocycles. The van der Waals surface area contributed by atoms with Crippen LogP contribution < -0.4 is 5.32 Å². The first-order chi connectivity index (χ1) is 10.5. The fourth-order valence-corrected chi connectivity index (χ4v) is 5.21. The Morgan fingerprint density at radius 2 is 1.91 bits per heavy atom. The molecule has 1 N–H and O–H groups in total. The largest absolute Gasteiger partial charge is 0.351 e. The van der Waals surface area contributed by atoms with Crippen molar-refractivity contribution in [2.75, 3.05) is 31.9 Å². The molecule has 0 radical (unpaired) electrons. The molecule has 0 aromatic carbocycles. The minimum absolute atomic E-state index is 0.111. The number of sulfonamides is 1. The lowest BCUT2D eigenvalue weighted by Crippen LogP contribution is -2.53. The third-order valence-corrected chi connectivity index (χ3v) is 6.70. The van der Waals surface area contributed by atoms with Crippen molar-refractivity contribution in [1.29, 1.82) is 0 Å². The van der Waals surface area contributed by atoms with E-state index in [2.05, 4.69) is 17.1 Å². The Morgan fingerprint density at radius 1 is 1.18 bits per heavy atom. The van der Waals surface area contributed by atoms with Crippen LogP contribution in [0.5, 0.6) is 0 Å². The zero-order valence-electron chi connectivity index (χ0n) is 13.8. The molecule has 0 bridgehead atoms. The molecule has 0 unspecified atom stereocenters. The summed E-state index contributed by atoms with van der Waals surface area (Å²) >= 11 is 0. The summed E-state index contributed by atoms with van der Waals surface area (Å²) in [6.45, 7) is 7.41. The molecule has 2 aliphatic heterocycles. The van der Waals surface area contributed by atoms with E-state index >= 15 is 0 Å². The zero-order valence-corrected chi connectivity index (χ0v) is 14.6. The maximum absolute atomic E-state index is 12.5. The third-order valence-electron chi connectivity index (χ3n) is 4.62. The molecule has 7 heteroatoms. The molecule has 128 valence electrons. The number of carbonyl (C=O) groups is 1. The molecule has 6 nitrogen and oxygen atoms in total. The maximum atomic E-state index is 12.5. The Hall–Kier alpha value is -0.660. The molecule has 22 heavy (non-hydrogen) atoms. The van der Waals surface area contributed by atoms with Gasteiger partial charge in [0.05, 0.1) is 5.75 Å². The lowest BCUT2D eigenvalue weighted by atomic mass is 10.1. The van der Waals surface area contributed by atoms with Crippen LogP contribution in [-0.2, 0) is 14.8 Å². The molecule has 0 saturated carbocycles. The molecule has 1 amide bonds. The van der Waals surface area contributed by atoms with Crippen LogP contribution in [0.3, 0.4) is 0 Å². The quantitative estimate of drug-likeness (QED) is 0.781. The van der Waals surface area contributed by atoms with Crippen LogP contribution in [0.25, 0.3) is 0 Å². The highest BCUT2D eigenvalue weighted by Crippen LogP contribution is 2.22. The van der Waals surface area contributed by atoms with Gasteiger partial charge in [-0.1, -0.05) is 13.8 Å². The number of rotatable bonds is 6. The first-order valence-corrected chi connectivity index (χ1v) is 10.1. The topological polar surface area (TPSA) is 69.7 Å². The predicted molar refractivity (Wildman–Crippen MR) is 87.1 cm³/mol. The molecule has 2 fully saturated rings. The summed E-state index contributed by atoms with van der Waals surface area (Å²) in [6, 6.07) is -0.355. The molecule has 2 rings (SSSR count). The van der Waals surface area contributed by atoms with E-state index in [9.17, 15) is 13.2 Å². The van der Waals surface area contributed by atoms with E-state index in [0.29, 0.717) is 19.4 Å². The molecular weight excluding hydrogens is 302 g/mol. The normalized spacial score (nSPS) is 27.9. The van der Waals surface area contributed by atoms with Crippen molar-refractivity contribution in [3.05, 3.63) is 0 Å². The number of likely N-dealkylation sites (N-methyl/N-ethyl adjacent to an activating group) is 1. The van der Waals surface area contributed by atoms with Gasteiger partial charge < -0.3 is 10.2 Å². The van der Waals surface area contributed by atoms with Crippen molar-refractivity contribution in [3.63, 3.8) is 0 Å². The van der Waals surface area contributed by atoms with Gasteiger partial charge in [0.2, 0.25) is 15.9 Å². The van der Waals surface area contributed by atoms with Gasteiger partial charge in [0, 0.05) is 19.1 Å². The second kappa shape index (κ2) is 7.75. The first kappa shape index (κ1) is 17.7. The first-order valence-electron chi connectivity index (χ1n) is 8.50. The smallest absolute Gasteiger partial charge is 0.238 e. The Kier molecular flexibility index (Phi) is 6.23. The maximum Gasteiger partial charge on any atom is 0.238 e. The lowest BCUT2D eigenvalue weighted by Gasteiger charge is -2.33. The van der Waals surface area contributed by atoms with Gasteiger partial charge in [-0.25, -0.2) is 8.42 Å². The van der Waals surface area contributed by atoms with Gasteiger partial charge in [0.25, 0.3) is 0 Å². The van der Waals surface area contributed by atoms with Gasteiger partial charge >= 0.3 is 0 Å². The summed E-state index contributed by atoms with van der Waals surface area (Å²) < 4.78 is 26.0. The number of amides is 1. The fraction of sp³-hybridized carbons (Fsp3) is 0.933. The van der Waals surface area contributed by atoms with E-state index in [4.69, 9.17) is 0 Å². The van der Waals surface area contributed by atoms with Crippen molar-refractivity contribution in [3.8, 4) is 0 Å². The lowest BCUT2D eigenvalue weighted by molar-refractivity contribution is -0.125. The standard InChI is InChI=1S/C15H29N3O3S/c1-3-11-22(20,21)18-10-6-8-14(18)15(19)16-13-7-5-9-17(4-2)12-13/h13-14H,3-12H2,1-2H3,(H,16,19)/t13-,14-/m1/s1. The number of hydrogen-bond donors (Lipinski definition) is 1. The second-order valence-corrected chi connectivity index (χ2v) is 8.37. The van der Waals surface area contributed by atoms with Crippen molar-refractivity contribution >= 4 is 15.9 Å². The van der Waals surface area contributed by atoms with E-state index in [1.807, 2.05) is 6.92 Å². The number of piperidine rings is 1. The molecule has 2 heterocycles. The van der Waals surface area contributed by atoms with Crippen molar-refractivity contribution < 1.29 is 13.2 Å². The fourth-order valence-electron chi connectivity index (χ4n) is 3.47. The van der Waals surface area contributed by atoms with E-state index in [1.54, 1.807) is 0 Å². The van der Waals surface area contributed by atoms with Gasteiger partial charge in [-0.3, -0.25) is 4.79 Å². The highest BCUT2D eigenvalue weighted by Gasteiger charge is 2.38. The van der Waals surface area contributed by atoms with Crippen molar-refractivity contribution in [1.82, 2.24) is 14.5 Å². The van der Waals surface area contributed by atoms with Crippen LogP contribution in [-0.4, -0.2) is 67.5 Å². The summed E-state index contributed by atoms with van der Waals surface area (Å²) in [5.74, 6) is 0.0178. The van der Waals surface area contributed by atoms with Gasteiger partial charge in [0.1, 0.15) is 6.04 Å². The van der Waals surface area contributed by atoms with Gasteiger partial charge in [0.15, 0.2) is 0 Å². The Bertz CT molecular complexity index is 480. The highest BCUT2D eigenvalue weighted by molar-refractivity contribution is 7.89. The van der Waals surface area contributed by atoms with Crippen molar-refractivity contribution in [2.45, 2.75) is 58.0 Å². The van der Waals surface area contributed by atoms with Gasteiger partial charge in [-0.15, -0.1) is 0 Å². The number of nitrogens with one attached hydrogen (secondary N) is 1. The SMILES string of the molecule is CCCS(=O)(=O)N1CCC[C@@H]1C(=O)N[C@@H]1CCCN(CC)C1. The monoisotopic (exact) mass is 331 g/mol. The summed E-state index contributed by atoms with van der Waals surface area (Å²) in [6.07, 6.45) is 4.06. The summed E-state index contributed by atoms with van der Waals surface area (Å²) in [4.78, 5) is 14.9. The number of carbonyl (C=O) groups excluding carboxylic acids is 1. The highest BCUT2D eigenvalue weighted by atomic mass is 32.2. The predicted octanol–water partition coefficient (Wildman–Crippen LogP) is 0.791. The Labute approximate surface area is 134 Å². The van der Waals surface area contributed by atoms with Gasteiger partial charge in [-0.2, -0.15) is 4.31 Å². The van der Waals surface area contributed by atoms with Crippen LogP contribution in [0.1, 0.15) is 46.0 Å². The zero-order chi connectivity index (χ0) is 16.2. The van der Waals surface area contributed by atoms with E-state index in [-0.39, 0.29) is 17.7 Å². The Morgan fingerprint density at radius 3 is 2.59 bits per heavy atom. The average Bonchev–Trinajstić information content (AvgIpc) is 2.98. The molecule has 2 atom stereocenters. The van der Waals surface area contributed by atoms with Gasteiger partial charge in [-0.05, 0) is 45.2 Å². The molecule has 0 aliphatic carbocycles. The molecular formula is C15H29N3O3S. The van der Waals surface area contributed by atoms with Crippen LogP contribution in [0, 0.1) is 0 Å². The molecule has 0 aromatic rings. The average molecular weight is 331 g/mol. The van der Waals surface area contributed by atoms with Crippen LogP contribution in [0.15, 0.2) is 0 Å². The van der Waals surface area contributed by atoms with E-state index in [1.165, 1.54) is 4.31 Å². The molecule has 0 spiro atoms. The van der Waals surface area contributed by atoms with Crippen molar-refractivity contribution in [2.24, 2.45) is 0 Å². The van der Waals surface area contributed by atoms with Crippen LogP contribution in [0.4, 0.5) is 0 Å². The number of nitrogens with zero attached hydrogens (tertiary/aromatic N) is 2. The third kappa shape index (κ3) is 4.20. The summed E-state index contributed by atoms with van der Waals surface area (Å²) in [5.41, 5.74) is 0. The van der Waals surface area contributed by atoms with Crippen LogP contribution in [0.2, 0.25) is 0 Å². The molecule has 0 aromatic heterocycles. The summed E-state index contributed by atoms with van der Waals surface area (Å²) in [5, 5.41) is 3.08. The number of hydrogen-bond acceptors (Lipinski definition) is 4. The van der Waals surface area contributed by atoms with E-state index < -0.39 is 16.1 Å². The van der Waals surface area contributed by atoms with Crippen LogP contribution >= 0.6 is 0 Å². The van der Waals surface area contributed by atoms with E-state index in [0.717, 1.165) is 38.9 Å². The number of likely N-dealkylation sites (tertiary alicyclic amines) is 1.